The average Bonchev–Trinajstić information content (AvgIpc) is 1.90. The summed E-state index contributed by atoms with van der Waals surface area (Å²) in [4.78, 5) is 3.37. The Morgan fingerprint density at radius 3 is 2.67 bits per heavy atom. The fraction of sp³-hybridized carbons (Fsp3) is 0.167. The molecule has 0 aliphatic heterocycles. The molecule has 1 aromatic heterocycles. The third kappa shape index (κ3) is 1.45. The van der Waals surface area contributed by atoms with Crippen LogP contribution in [0.1, 0.15) is 12.1 Å². The molecule has 1 rings (SSSR count). The summed E-state index contributed by atoms with van der Waals surface area (Å²) in [7, 11) is 0. The van der Waals surface area contributed by atoms with Gasteiger partial charge in [0.1, 0.15) is 5.69 Å². The van der Waals surface area contributed by atoms with Crippen molar-refractivity contribution in [3.63, 3.8) is 0 Å². The molecule has 3 heteroatoms. The zero-order chi connectivity index (χ0) is 6.69. The van der Waals surface area contributed by atoms with Gasteiger partial charge in [0, 0.05) is 12.3 Å². The van der Waals surface area contributed by atoms with Gasteiger partial charge in [0.2, 0.25) is 0 Å². The van der Waals surface area contributed by atoms with E-state index in [2.05, 4.69) is 11.1 Å². The number of rotatable bonds is 1. The van der Waals surface area contributed by atoms with Crippen molar-refractivity contribution >= 4 is 0 Å². The number of hydrogen-bond acceptors (Lipinski definition) is 1. The van der Waals surface area contributed by atoms with Crippen LogP contribution in [0, 0.1) is 6.07 Å². The first-order valence-corrected chi connectivity index (χ1v) is 2.41. The molecule has 47 valence electrons. The summed E-state index contributed by atoms with van der Waals surface area (Å²) in [5, 5.41) is 0. The summed E-state index contributed by atoms with van der Waals surface area (Å²) >= 11 is 0. The van der Waals surface area contributed by atoms with Crippen molar-refractivity contribution < 1.29 is 8.78 Å². The molecular weight excluding hydrogens is 124 g/mol. The van der Waals surface area contributed by atoms with Crippen LogP contribution in [0.2, 0.25) is 0 Å². The molecule has 0 fully saturated rings. The number of nitrogens with zero attached hydrogens (tertiary/aromatic N) is 1. The maximum Gasteiger partial charge on any atom is 0.280 e. The zero-order valence-electron chi connectivity index (χ0n) is 4.51. The van der Waals surface area contributed by atoms with Gasteiger partial charge in [-0.25, -0.2) is 8.78 Å². The van der Waals surface area contributed by atoms with Gasteiger partial charge < -0.3 is 0 Å². The normalized spacial score (nSPS) is 10.1. The Morgan fingerprint density at radius 2 is 2.33 bits per heavy atom. The van der Waals surface area contributed by atoms with Crippen molar-refractivity contribution in [1.29, 1.82) is 0 Å². The smallest absolute Gasteiger partial charge is 0.255 e. The van der Waals surface area contributed by atoms with E-state index in [9.17, 15) is 8.78 Å². The van der Waals surface area contributed by atoms with Crippen LogP contribution in [0.5, 0.6) is 0 Å². The molecule has 0 unspecified atom stereocenters. The SMILES string of the molecule is FC(F)c1cc[c]cn1. The molecule has 0 saturated heterocycles. The first-order valence-electron chi connectivity index (χ1n) is 2.41. The summed E-state index contributed by atoms with van der Waals surface area (Å²) < 4.78 is 23.4. The molecule has 1 aromatic rings. The van der Waals surface area contributed by atoms with Crippen molar-refractivity contribution in [1.82, 2.24) is 4.98 Å². The van der Waals surface area contributed by atoms with Crippen LogP contribution in [0.4, 0.5) is 8.78 Å². The average molecular weight is 128 g/mol. The Kier molecular flexibility index (Phi) is 1.72. The third-order valence-electron chi connectivity index (χ3n) is 0.862. The van der Waals surface area contributed by atoms with E-state index in [-0.39, 0.29) is 5.69 Å². The van der Waals surface area contributed by atoms with Crippen molar-refractivity contribution in [2.45, 2.75) is 6.43 Å². The highest BCUT2D eigenvalue weighted by Gasteiger charge is 2.04. The number of halogens is 2. The van der Waals surface area contributed by atoms with Gasteiger partial charge >= 0.3 is 0 Å². The van der Waals surface area contributed by atoms with Crippen LogP contribution in [0.15, 0.2) is 18.3 Å². The molecule has 0 N–H and O–H groups in total. The first-order chi connectivity index (χ1) is 4.30. The third-order valence-corrected chi connectivity index (χ3v) is 0.862. The Labute approximate surface area is 51.3 Å². The largest absolute Gasteiger partial charge is 0.280 e. The highest BCUT2D eigenvalue weighted by molar-refractivity contribution is 5.02. The number of pyridine rings is 1. The summed E-state index contributed by atoms with van der Waals surface area (Å²) in [6.07, 6.45) is -1.25. The minimum atomic E-state index is -2.47. The van der Waals surface area contributed by atoms with Crippen LogP contribution in [0.3, 0.4) is 0 Å². The molecule has 1 radical (unpaired) electrons. The van der Waals surface area contributed by atoms with Gasteiger partial charge in [-0.05, 0) is 6.07 Å². The maximum absolute atomic E-state index is 11.7. The van der Waals surface area contributed by atoms with Gasteiger partial charge in [0.25, 0.3) is 6.43 Å². The molecule has 0 saturated carbocycles. The second kappa shape index (κ2) is 2.53. The predicted molar refractivity (Wildman–Crippen MR) is 28.0 cm³/mol. The van der Waals surface area contributed by atoms with E-state index in [1.54, 1.807) is 0 Å². The molecule has 0 atom stereocenters. The minimum absolute atomic E-state index is 0.200. The lowest BCUT2D eigenvalue weighted by molar-refractivity contribution is 0.146. The second-order valence-corrected chi connectivity index (χ2v) is 1.48. The van der Waals surface area contributed by atoms with Gasteiger partial charge in [0.15, 0.2) is 0 Å². The first kappa shape index (κ1) is 6.13. The predicted octanol–water partition coefficient (Wildman–Crippen LogP) is 1.82. The molecule has 0 amide bonds. The minimum Gasteiger partial charge on any atom is -0.255 e. The van der Waals surface area contributed by atoms with E-state index in [0.717, 1.165) is 0 Å². The van der Waals surface area contributed by atoms with E-state index >= 15 is 0 Å². The lowest BCUT2D eigenvalue weighted by atomic mass is 10.4. The van der Waals surface area contributed by atoms with Gasteiger partial charge in [-0.3, -0.25) is 4.98 Å². The van der Waals surface area contributed by atoms with E-state index in [4.69, 9.17) is 0 Å². The summed E-state index contributed by atoms with van der Waals surface area (Å²) in [5.41, 5.74) is -0.200. The molecule has 0 aliphatic rings. The van der Waals surface area contributed by atoms with Crippen molar-refractivity contribution in [2.24, 2.45) is 0 Å². The van der Waals surface area contributed by atoms with E-state index in [1.807, 2.05) is 0 Å². The highest BCUT2D eigenvalue weighted by Crippen LogP contribution is 2.13. The lowest BCUT2D eigenvalue weighted by Crippen LogP contribution is -1.86. The molecular formula is C6H4F2N. The Morgan fingerprint density at radius 1 is 1.56 bits per heavy atom. The summed E-state index contributed by atoms with van der Waals surface area (Å²) in [6, 6.07) is 5.20. The van der Waals surface area contributed by atoms with Crippen molar-refractivity contribution in [3.05, 3.63) is 30.1 Å². The topological polar surface area (TPSA) is 12.9 Å². The summed E-state index contributed by atoms with van der Waals surface area (Å²) in [5.74, 6) is 0. The van der Waals surface area contributed by atoms with Crippen LogP contribution < -0.4 is 0 Å². The quantitative estimate of drug-likeness (QED) is 0.562. The standard InChI is InChI=1S/C6H4F2N/c7-6(8)5-3-1-2-4-9-5/h1,3-4,6H. The number of alkyl halides is 2. The molecule has 1 nitrogen and oxygen atoms in total. The van der Waals surface area contributed by atoms with Gasteiger partial charge in [-0.1, -0.05) is 6.07 Å². The molecule has 9 heavy (non-hydrogen) atoms. The molecule has 0 bridgehead atoms. The maximum atomic E-state index is 11.7. The molecule has 1 heterocycles. The fourth-order valence-electron chi connectivity index (χ4n) is 0.460. The summed E-state index contributed by atoms with van der Waals surface area (Å²) in [6.45, 7) is 0. The van der Waals surface area contributed by atoms with Crippen LogP contribution in [-0.4, -0.2) is 4.98 Å². The number of aromatic nitrogens is 1. The molecule has 0 spiro atoms. The van der Waals surface area contributed by atoms with Crippen LogP contribution in [0.25, 0.3) is 0 Å². The Hall–Kier alpha value is -0.990. The fourth-order valence-corrected chi connectivity index (χ4v) is 0.460. The second-order valence-electron chi connectivity index (χ2n) is 1.48. The monoisotopic (exact) mass is 128 g/mol. The van der Waals surface area contributed by atoms with Crippen LogP contribution >= 0.6 is 0 Å². The van der Waals surface area contributed by atoms with Crippen LogP contribution in [-0.2, 0) is 0 Å². The Balaban J connectivity index is 2.85. The highest BCUT2D eigenvalue weighted by atomic mass is 19.3. The molecule has 0 aliphatic carbocycles. The van der Waals surface area contributed by atoms with Crippen molar-refractivity contribution in [3.8, 4) is 0 Å². The van der Waals surface area contributed by atoms with E-state index in [0.29, 0.717) is 0 Å². The van der Waals surface area contributed by atoms with E-state index in [1.165, 1.54) is 18.3 Å². The lowest BCUT2D eigenvalue weighted by Gasteiger charge is -1.93. The zero-order valence-corrected chi connectivity index (χ0v) is 4.51. The van der Waals surface area contributed by atoms with Crippen molar-refractivity contribution in [2.75, 3.05) is 0 Å². The van der Waals surface area contributed by atoms with Gasteiger partial charge in [0.05, 0.1) is 0 Å². The Bertz CT molecular complexity index is 174. The van der Waals surface area contributed by atoms with Gasteiger partial charge in [-0.15, -0.1) is 0 Å². The van der Waals surface area contributed by atoms with Gasteiger partial charge in [-0.2, -0.15) is 0 Å². The molecule has 0 aromatic carbocycles. The number of hydrogen-bond donors (Lipinski definition) is 0. The van der Waals surface area contributed by atoms with E-state index < -0.39 is 6.43 Å².